The predicted molar refractivity (Wildman–Crippen MR) is 75.5 cm³/mol. The molecule has 2 aliphatic heterocycles. The highest BCUT2D eigenvalue weighted by molar-refractivity contribution is 5.21. The third-order valence-corrected chi connectivity index (χ3v) is 4.44. The third-order valence-electron chi connectivity index (χ3n) is 4.44. The number of para-hydroxylation sites is 1. The molecule has 2 heterocycles. The molecule has 1 spiro atoms. The molecule has 0 radical (unpaired) electrons. The largest absolute Gasteiger partial charge is 0.488 e. The van der Waals surface area contributed by atoms with Crippen LogP contribution in [0.2, 0.25) is 0 Å². The highest BCUT2D eigenvalue weighted by Crippen LogP contribution is 2.37. The molecule has 1 aromatic carbocycles. The van der Waals surface area contributed by atoms with Crippen LogP contribution in [0.15, 0.2) is 30.3 Å². The van der Waals surface area contributed by atoms with Crippen molar-refractivity contribution in [3.63, 3.8) is 0 Å². The van der Waals surface area contributed by atoms with Crippen LogP contribution >= 0.6 is 0 Å². The van der Waals surface area contributed by atoms with Gasteiger partial charge >= 0.3 is 0 Å². The van der Waals surface area contributed by atoms with E-state index in [-0.39, 0.29) is 11.7 Å². The second kappa shape index (κ2) is 5.51. The fraction of sp³-hybridized carbons (Fsp3) is 0.625. The number of likely N-dealkylation sites (tertiary alicyclic amines) is 1. The zero-order valence-electron chi connectivity index (χ0n) is 11.7. The first-order valence-electron chi connectivity index (χ1n) is 7.38. The Bertz CT molecular complexity index is 398. The number of ether oxygens (including phenoxy) is 2. The number of hydrogen-bond acceptors (Lipinski definition) is 3. The van der Waals surface area contributed by atoms with Crippen molar-refractivity contribution in [2.45, 2.75) is 37.9 Å². The lowest BCUT2D eigenvalue weighted by Crippen LogP contribution is -2.44. The molecule has 0 bridgehead atoms. The molecule has 0 aromatic heterocycles. The normalized spacial score (nSPS) is 26.7. The molecule has 0 N–H and O–H groups in total. The molecular formula is C16H23NO2. The Morgan fingerprint density at radius 1 is 1.26 bits per heavy atom. The van der Waals surface area contributed by atoms with E-state index in [0.29, 0.717) is 0 Å². The van der Waals surface area contributed by atoms with Gasteiger partial charge in [0.25, 0.3) is 0 Å². The maximum Gasteiger partial charge on any atom is 0.125 e. The SMILES string of the molecule is CCN1CCC2(CC1)C[C@H](Oc1ccccc1)CO2. The van der Waals surface area contributed by atoms with Crippen LogP contribution in [0.1, 0.15) is 26.2 Å². The molecule has 0 saturated carbocycles. The molecule has 2 aliphatic rings. The minimum atomic E-state index is 0.0884. The van der Waals surface area contributed by atoms with E-state index in [4.69, 9.17) is 9.47 Å². The molecule has 104 valence electrons. The maximum absolute atomic E-state index is 6.11. The van der Waals surface area contributed by atoms with Crippen molar-refractivity contribution in [3.8, 4) is 5.75 Å². The lowest BCUT2D eigenvalue weighted by molar-refractivity contribution is -0.0431. The van der Waals surface area contributed by atoms with E-state index in [1.165, 1.54) is 0 Å². The summed E-state index contributed by atoms with van der Waals surface area (Å²) in [6, 6.07) is 10.1. The molecule has 0 amide bonds. The van der Waals surface area contributed by atoms with Gasteiger partial charge in [0.05, 0.1) is 12.2 Å². The molecule has 3 nitrogen and oxygen atoms in total. The summed E-state index contributed by atoms with van der Waals surface area (Å²) in [5.41, 5.74) is 0.0884. The Morgan fingerprint density at radius 2 is 2.00 bits per heavy atom. The summed E-state index contributed by atoms with van der Waals surface area (Å²) in [4.78, 5) is 2.50. The Hall–Kier alpha value is -1.06. The average molecular weight is 261 g/mol. The molecule has 2 saturated heterocycles. The summed E-state index contributed by atoms with van der Waals surface area (Å²) in [6.07, 6.45) is 3.56. The van der Waals surface area contributed by atoms with E-state index in [1.807, 2.05) is 30.3 Å². The first-order valence-corrected chi connectivity index (χ1v) is 7.38. The number of hydrogen-bond donors (Lipinski definition) is 0. The van der Waals surface area contributed by atoms with Gasteiger partial charge in [0.1, 0.15) is 11.9 Å². The molecule has 19 heavy (non-hydrogen) atoms. The summed E-state index contributed by atoms with van der Waals surface area (Å²) < 4.78 is 12.1. The molecule has 2 fully saturated rings. The van der Waals surface area contributed by atoms with Crippen molar-refractivity contribution in [3.05, 3.63) is 30.3 Å². The van der Waals surface area contributed by atoms with Crippen LogP contribution in [0.4, 0.5) is 0 Å². The third kappa shape index (κ3) is 2.93. The van der Waals surface area contributed by atoms with Crippen molar-refractivity contribution in [1.82, 2.24) is 4.90 Å². The number of rotatable bonds is 3. The monoisotopic (exact) mass is 261 g/mol. The lowest BCUT2D eigenvalue weighted by Gasteiger charge is -2.38. The fourth-order valence-electron chi connectivity index (χ4n) is 3.19. The van der Waals surface area contributed by atoms with E-state index in [1.54, 1.807) is 0 Å². The molecule has 0 aliphatic carbocycles. The Morgan fingerprint density at radius 3 is 2.68 bits per heavy atom. The summed E-state index contributed by atoms with van der Waals surface area (Å²) in [5.74, 6) is 0.958. The summed E-state index contributed by atoms with van der Waals surface area (Å²) in [6.45, 7) is 6.44. The van der Waals surface area contributed by atoms with Crippen LogP contribution in [0.5, 0.6) is 5.75 Å². The van der Waals surface area contributed by atoms with Gasteiger partial charge in [-0.1, -0.05) is 25.1 Å². The van der Waals surface area contributed by atoms with Crippen LogP contribution in [0.3, 0.4) is 0 Å². The van der Waals surface area contributed by atoms with Crippen LogP contribution in [0.25, 0.3) is 0 Å². The van der Waals surface area contributed by atoms with Gasteiger partial charge in [0.15, 0.2) is 0 Å². The van der Waals surface area contributed by atoms with E-state index >= 15 is 0 Å². The molecule has 1 atom stereocenters. The van der Waals surface area contributed by atoms with Crippen molar-refractivity contribution < 1.29 is 9.47 Å². The first kappa shape index (κ1) is 12.9. The average Bonchev–Trinajstić information content (AvgIpc) is 2.84. The number of benzene rings is 1. The van der Waals surface area contributed by atoms with Gasteiger partial charge in [-0.3, -0.25) is 0 Å². The van der Waals surface area contributed by atoms with E-state index in [9.17, 15) is 0 Å². The summed E-state index contributed by atoms with van der Waals surface area (Å²) >= 11 is 0. The zero-order valence-corrected chi connectivity index (χ0v) is 11.7. The van der Waals surface area contributed by atoms with Crippen molar-refractivity contribution >= 4 is 0 Å². The van der Waals surface area contributed by atoms with E-state index < -0.39 is 0 Å². The highest BCUT2D eigenvalue weighted by atomic mass is 16.6. The van der Waals surface area contributed by atoms with Gasteiger partial charge in [0.2, 0.25) is 0 Å². The van der Waals surface area contributed by atoms with Gasteiger partial charge < -0.3 is 14.4 Å². The standard InChI is InChI=1S/C16H23NO2/c1-2-17-10-8-16(9-11-17)12-15(13-18-16)19-14-6-4-3-5-7-14/h3-7,15H,2,8-13H2,1H3/t15-/m0/s1. The lowest BCUT2D eigenvalue weighted by atomic mass is 9.88. The molecular weight excluding hydrogens is 238 g/mol. The van der Waals surface area contributed by atoms with Gasteiger partial charge in [0, 0.05) is 19.5 Å². The smallest absolute Gasteiger partial charge is 0.125 e. The van der Waals surface area contributed by atoms with Crippen molar-refractivity contribution in [2.75, 3.05) is 26.2 Å². The Kier molecular flexibility index (Phi) is 3.76. The summed E-state index contributed by atoms with van der Waals surface area (Å²) in [7, 11) is 0. The number of piperidine rings is 1. The topological polar surface area (TPSA) is 21.7 Å². The highest BCUT2D eigenvalue weighted by Gasteiger charge is 2.43. The molecule has 1 aromatic rings. The van der Waals surface area contributed by atoms with Crippen LogP contribution in [0, 0.1) is 0 Å². The van der Waals surface area contributed by atoms with Gasteiger partial charge in [-0.2, -0.15) is 0 Å². The first-order chi connectivity index (χ1) is 9.30. The fourth-order valence-corrected chi connectivity index (χ4v) is 3.19. The Labute approximate surface area is 115 Å². The van der Waals surface area contributed by atoms with Crippen LogP contribution in [-0.2, 0) is 4.74 Å². The quantitative estimate of drug-likeness (QED) is 0.835. The molecule has 3 heteroatoms. The van der Waals surface area contributed by atoms with Gasteiger partial charge in [-0.15, -0.1) is 0 Å². The van der Waals surface area contributed by atoms with Crippen molar-refractivity contribution in [1.29, 1.82) is 0 Å². The minimum absolute atomic E-state index is 0.0884. The predicted octanol–water partition coefficient (Wildman–Crippen LogP) is 2.71. The van der Waals surface area contributed by atoms with Crippen LogP contribution in [-0.4, -0.2) is 42.8 Å². The second-order valence-corrected chi connectivity index (χ2v) is 5.69. The van der Waals surface area contributed by atoms with E-state index in [2.05, 4.69) is 11.8 Å². The van der Waals surface area contributed by atoms with Crippen LogP contribution < -0.4 is 4.74 Å². The molecule has 3 rings (SSSR count). The van der Waals surface area contributed by atoms with Crippen molar-refractivity contribution in [2.24, 2.45) is 0 Å². The minimum Gasteiger partial charge on any atom is -0.488 e. The van der Waals surface area contributed by atoms with E-state index in [0.717, 1.165) is 51.3 Å². The Balaban J connectivity index is 1.56. The van der Waals surface area contributed by atoms with Gasteiger partial charge in [-0.05, 0) is 31.5 Å². The molecule has 0 unspecified atom stereocenters. The second-order valence-electron chi connectivity index (χ2n) is 5.69. The zero-order chi connectivity index (χ0) is 13.1. The van der Waals surface area contributed by atoms with Gasteiger partial charge in [-0.25, -0.2) is 0 Å². The number of nitrogens with zero attached hydrogens (tertiary/aromatic N) is 1. The summed E-state index contributed by atoms with van der Waals surface area (Å²) in [5, 5.41) is 0. The maximum atomic E-state index is 6.11.